The Labute approximate surface area is 98.8 Å². The lowest BCUT2D eigenvalue weighted by Crippen LogP contribution is -2.41. The minimum atomic E-state index is -0.907. The van der Waals surface area contributed by atoms with E-state index in [0.717, 1.165) is 5.39 Å². The molecule has 1 amide bonds. The molecule has 4 nitrogen and oxygen atoms in total. The molecule has 0 fully saturated rings. The second kappa shape index (κ2) is 3.95. The van der Waals surface area contributed by atoms with Crippen LogP contribution in [0.25, 0.3) is 11.0 Å². The molecule has 1 aromatic heterocycles. The number of nitriles is 1. The molecular weight excluding hydrogens is 216 g/mol. The van der Waals surface area contributed by atoms with Crippen LogP contribution in [-0.4, -0.2) is 11.4 Å². The first-order valence-corrected chi connectivity index (χ1v) is 5.24. The third-order valence-electron chi connectivity index (χ3n) is 2.35. The van der Waals surface area contributed by atoms with Crippen molar-refractivity contribution in [1.29, 1.82) is 5.26 Å². The third kappa shape index (κ3) is 2.28. The summed E-state index contributed by atoms with van der Waals surface area (Å²) in [6.07, 6.45) is 0. The van der Waals surface area contributed by atoms with E-state index in [-0.39, 0.29) is 11.7 Å². The summed E-state index contributed by atoms with van der Waals surface area (Å²) in [7, 11) is 0. The first-order chi connectivity index (χ1) is 8.02. The molecular formula is C13H12N2O2. The summed E-state index contributed by atoms with van der Waals surface area (Å²) >= 11 is 0. The van der Waals surface area contributed by atoms with Gasteiger partial charge in [0.1, 0.15) is 11.1 Å². The maximum Gasteiger partial charge on any atom is 0.288 e. The van der Waals surface area contributed by atoms with Crippen LogP contribution in [0, 0.1) is 11.3 Å². The van der Waals surface area contributed by atoms with Crippen LogP contribution in [0.15, 0.2) is 34.7 Å². The number of nitrogens with zero attached hydrogens (tertiary/aromatic N) is 1. The Kier molecular flexibility index (Phi) is 2.60. The van der Waals surface area contributed by atoms with Crippen molar-refractivity contribution < 1.29 is 9.21 Å². The van der Waals surface area contributed by atoms with Crippen molar-refractivity contribution in [2.45, 2.75) is 19.4 Å². The summed E-state index contributed by atoms with van der Waals surface area (Å²) in [5, 5.41) is 12.3. The van der Waals surface area contributed by atoms with Gasteiger partial charge in [0.2, 0.25) is 0 Å². The zero-order valence-electron chi connectivity index (χ0n) is 9.65. The quantitative estimate of drug-likeness (QED) is 0.858. The molecule has 1 aromatic carbocycles. The molecule has 0 unspecified atom stereocenters. The normalized spacial score (nSPS) is 11.1. The van der Waals surface area contributed by atoms with E-state index < -0.39 is 5.54 Å². The Morgan fingerprint density at radius 1 is 1.41 bits per heavy atom. The molecule has 2 aromatic rings. The van der Waals surface area contributed by atoms with Gasteiger partial charge < -0.3 is 9.73 Å². The lowest BCUT2D eigenvalue weighted by molar-refractivity contribution is 0.0903. The van der Waals surface area contributed by atoms with Gasteiger partial charge in [0.05, 0.1) is 6.07 Å². The van der Waals surface area contributed by atoms with Crippen molar-refractivity contribution in [2.75, 3.05) is 0 Å². The maximum atomic E-state index is 11.8. The fraction of sp³-hybridized carbons (Fsp3) is 0.231. The molecule has 0 aliphatic heterocycles. The third-order valence-corrected chi connectivity index (χ3v) is 2.35. The zero-order chi connectivity index (χ0) is 12.5. The van der Waals surface area contributed by atoms with Crippen LogP contribution < -0.4 is 5.32 Å². The molecule has 1 heterocycles. The van der Waals surface area contributed by atoms with Crippen molar-refractivity contribution in [3.63, 3.8) is 0 Å². The van der Waals surface area contributed by atoms with Crippen LogP contribution in [-0.2, 0) is 0 Å². The number of carbonyl (C=O) groups excluding carboxylic acids is 1. The van der Waals surface area contributed by atoms with Gasteiger partial charge in [-0.15, -0.1) is 0 Å². The number of rotatable bonds is 2. The second-order valence-electron chi connectivity index (χ2n) is 4.34. The lowest BCUT2D eigenvalue weighted by Gasteiger charge is -2.15. The Bertz CT molecular complexity index is 572. The van der Waals surface area contributed by atoms with E-state index in [1.165, 1.54) is 0 Å². The summed E-state index contributed by atoms with van der Waals surface area (Å²) in [5.41, 5.74) is -0.247. The van der Waals surface area contributed by atoms with Gasteiger partial charge >= 0.3 is 0 Å². The molecule has 0 aliphatic carbocycles. The highest BCUT2D eigenvalue weighted by atomic mass is 16.3. The number of carbonyl (C=O) groups is 1. The summed E-state index contributed by atoms with van der Waals surface area (Å²) < 4.78 is 5.40. The van der Waals surface area contributed by atoms with Gasteiger partial charge in [0.25, 0.3) is 5.91 Å². The van der Waals surface area contributed by atoms with Crippen LogP contribution in [0.2, 0.25) is 0 Å². The highest BCUT2D eigenvalue weighted by molar-refractivity contribution is 5.96. The average molecular weight is 228 g/mol. The van der Waals surface area contributed by atoms with Gasteiger partial charge in [-0.05, 0) is 26.0 Å². The molecule has 0 saturated carbocycles. The Balaban J connectivity index is 2.29. The first kappa shape index (κ1) is 11.2. The Morgan fingerprint density at radius 2 is 2.12 bits per heavy atom. The van der Waals surface area contributed by atoms with E-state index >= 15 is 0 Å². The molecule has 0 aliphatic rings. The van der Waals surface area contributed by atoms with E-state index in [2.05, 4.69) is 5.32 Å². The van der Waals surface area contributed by atoms with Gasteiger partial charge in [-0.25, -0.2) is 0 Å². The summed E-state index contributed by atoms with van der Waals surface area (Å²) in [4.78, 5) is 11.8. The molecule has 86 valence electrons. The molecule has 0 bridgehead atoms. The van der Waals surface area contributed by atoms with Crippen LogP contribution in [0.5, 0.6) is 0 Å². The van der Waals surface area contributed by atoms with Crippen molar-refractivity contribution in [1.82, 2.24) is 5.32 Å². The van der Waals surface area contributed by atoms with Crippen LogP contribution in [0.3, 0.4) is 0 Å². The van der Waals surface area contributed by atoms with Crippen molar-refractivity contribution in [3.8, 4) is 6.07 Å². The van der Waals surface area contributed by atoms with Crippen molar-refractivity contribution >= 4 is 16.9 Å². The Hall–Kier alpha value is -2.28. The molecule has 2 rings (SSSR count). The predicted molar refractivity (Wildman–Crippen MR) is 63.4 cm³/mol. The van der Waals surface area contributed by atoms with Crippen LogP contribution in [0.1, 0.15) is 24.4 Å². The highest BCUT2D eigenvalue weighted by Gasteiger charge is 2.22. The van der Waals surface area contributed by atoms with E-state index in [9.17, 15) is 4.79 Å². The van der Waals surface area contributed by atoms with Gasteiger partial charge in [-0.3, -0.25) is 4.79 Å². The van der Waals surface area contributed by atoms with E-state index in [0.29, 0.717) is 5.58 Å². The van der Waals surface area contributed by atoms with Gasteiger partial charge in [-0.1, -0.05) is 18.2 Å². The summed E-state index contributed by atoms with van der Waals surface area (Å²) in [6, 6.07) is 11.0. The number of furan rings is 1. The average Bonchev–Trinajstić information content (AvgIpc) is 2.72. The number of nitrogens with one attached hydrogen (secondary N) is 1. The zero-order valence-corrected chi connectivity index (χ0v) is 9.65. The monoisotopic (exact) mass is 228 g/mol. The molecule has 17 heavy (non-hydrogen) atoms. The predicted octanol–water partition coefficient (Wildman–Crippen LogP) is 2.46. The molecule has 4 heteroatoms. The number of hydrogen-bond acceptors (Lipinski definition) is 3. The van der Waals surface area contributed by atoms with E-state index in [4.69, 9.17) is 9.68 Å². The second-order valence-corrected chi connectivity index (χ2v) is 4.34. The fourth-order valence-corrected chi connectivity index (χ4v) is 1.47. The minimum absolute atomic E-state index is 0.217. The minimum Gasteiger partial charge on any atom is -0.451 e. The number of hydrogen-bond donors (Lipinski definition) is 1. The summed E-state index contributed by atoms with van der Waals surface area (Å²) in [6.45, 7) is 3.26. The van der Waals surface area contributed by atoms with Gasteiger partial charge in [0.15, 0.2) is 5.76 Å². The molecule has 1 N–H and O–H groups in total. The van der Waals surface area contributed by atoms with E-state index in [1.54, 1.807) is 26.0 Å². The van der Waals surface area contributed by atoms with Gasteiger partial charge in [-0.2, -0.15) is 5.26 Å². The first-order valence-electron chi connectivity index (χ1n) is 5.24. The smallest absolute Gasteiger partial charge is 0.288 e. The molecule has 0 atom stereocenters. The van der Waals surface area contributed by atoms with Crippen molar-refractivity contribution in [3.05, 3.63) is 36.1 Å². The fourth-order valence-electron chi connectivity index (χ4n) is 1.47. The standard InChI is InChI=1S/C13H12N2O2/c1-13(2,8-14)15-12(16)11-7-9-5-3-4-6-10(9)17-11/h3-7H,1-2H3,(H,15,16). The van der Waals surface area contributed by atoms with Crippen molar-refractivity contribution in [2.24, 2.45) is 0 Å². The number of amides is 1. The number of fused-ring (bicyclic) bond motifs is 1. The van der Waals surface area contributed by atoms with E-state index in [1.807, 2.05) is 24.3 Å². The Morgan fingerprint density at radius 3 is 2.76 bits per heavy atom. The summed E-state index contributed by atoms with van der Waals surface area (Å²) in [5.74, 6) is -0.165. The number of benzene rings is 1. The molecule has 0 saturated heterocycles. The largest absolute Gasteiger partial charge is 0.451 e. The van der Waals surface area contributed by atoms with Gasteiger partial charge in [0, 0.05) is 5.39 Å². The number of para-hydroxylation sites is 1. The van der Waals surface area contributed by atoms with Crippen LogP contribution in [0.4, 0.5) is 0 Å². The highest BCUT2D eigenvalue weighted by Crippen LogP contribution is 2.19. The molecule has 0 spiro atoms. The lowest BCUT2D eigenvalue weighted by atomic mass is 10.1. The molecule has 0 radical (unpaired) electrons. The SMILES string of the molecule is CC(C)(C#N)NC(=O)c1cc2ccccc2o1. The maximum absolute atomic E-state index is 11.8. The van der Waals surface area contributed by atoms with Crippen LogP contribution >= 0.6 is 0 Å². The topological polar surface area (TPSA) is 66.0 Å².